The van der Waals surface area contributed by atoms with Crippen molar-refractivity contribution in [1.82, 2.24) is 4.98 Å². The smallest absolute Gasteiger partial charge is 0.0808 e. The van der Waals surface area contributed by atoms with E-state index in [0.717, 1.165) is 18.7 Å². The second-order valence-corrected chi connectivity index (χ2v) is 3.75. The maximum Gasteiger partial charge on any atom is 0.0808 e. The van der Waals surface area contributed by atoms with Crippen LogP contribution in [0.15, 0.2) is 18.3 Å². The van der Waals surface area contributed by atoms with Crippen LogP contribution < -0.4 is 5.73 Å². The summed E-state index contributed by atoms with van der Waals surface area (Å²) in [5.41, 5.74) is 7.15. The molecule has 0 bridgehead atoms. The minimum absolute atomic E-state index is 0.00694. The lowest BCUT2D eigenvalue weighted by atomic mass is 9.96. The number of ether oxygens (including phenoxy) is 1. The number of H-pyrrole nitrogens is 1. The van der Waals surface area contributed by atoms with Crippen molar-refractivity contribution in [2.75, 3.05) is 6.61 Å². The molecule has 3 nitrogen and oxygen atoms in total. The normalized spacial score (nSPS) is 30.6. The van der Waals surface area contributed by atoms with Gasteiger partial charge in [0.15, 0.2) is 0 Å². The van der Waals surface area contributed by atoms with Gasteiger partial charge in [-0.1, -0.05) is 6.92 Å². The first-order valence-electron chi connectivity index (χ1n) is 4.79. The molecule has 3 heteroatoms. The summed E-state index contributed by atoms with van der Waals surface area (Å²) >= 11 is 0. The molecule has 3 atom stereocenters. The van der Waals surface area contributed by atoms with Crippen LogP contribution in [-0.4, -0.2) is 17.7 Å². The first kappa shape index (κ1) is 8.78. The summed E-state index contributed by atoms with van der Waals surface area (Å²) in [6.07, 6.45) is 3.20. The predicted octanol–water partition coefficient (Wildman–Crippen LogP) is 1.44. The van der Waals surface area contributed by atoms with E-state index < -0.39 is 0 Å². The maximum absolute atomic E-state index is 6.08. The third-order valence-corrected chi connectivity index (χ3v) is 2.78. The van der Waals surface area contributed by atoms with E-state index in [1.807, 2.05) is 18.3 Å². The first-order valence-corrected chi connectivity index (χ1v) is 4.79. The average Bonchev–Trinajstić information content (AvgIpc) is 2.72. The van der Waals surface area contributed by atoms with E-state index in [9.17, 15) is 0 Å². The Bertz CT molecular complexity index is 258. The second-order valence-electron chi connectivity index (χ2n) is 3.75. The molecule has 1 aromatic heterocycles. The zero-order chi connectivity index (χ0) is 9.26. The monoisotopic (exact) mass is 180 g/mol. The number of hydrogen-bond donors (Lipinski definition) is 2. The Hall–Kier alpha value is -0.800. The average molecular weight is 180 g/mol. The van der Waals surface area contributed by atoms with Crippen LogP contribution in [0.5, 0.6) is 0 Å². The van der Waals surface area contributed by atoms with Crippen molar-refractivity contribution in [2.24, 2.45) is 11.7 Å². The largest absolute Gasteiger partial charge is 0.376 e. The molecule has 3 unspecified atom stereocenters. The molecule has 1 aromatic rings. The lowest BCUT2D eigenvalue weighted by Crippen LogP contribution is -2.30. The number of aromatic amines is 1. The van der Waals surface area contributed by atoms with Crippen molar-refractivity contribution >= 4 is 0 Å². The quantitative estimate of drug-likeness (QED) is 0.723. The predicted molar refractivity (Wildman–Crippen MR) is 51.2 cm³/mol. The molecular formula is C10H16N2O. The van der Waals surface area contributed by atoms with Crippen molar-refractivity contribution < 1.29 is 4.74 Å². The van der Waals surface area contributed by atoms with Crippen LogP contribution in [0.4, 0.5) is 0 Å². The molecule has 72 valence electrons. The highest BCUT2D eigenvalue weighted by atomic mass is 16.5. The second kappa shape index (κ2) is 3.52. The van der Waals surface area contributed by atoms with E-state index in [2.05, 4.69) is 11.9 Å². The molecule has 0 spiro atoms. The summed E-state index contributed by atoms with van der Waals surface area (Å²) in [4.78, 5) is 3.13. The van der Waals surface area contributed by atoms with E-state index in [1.165, 1.54) is 0 Å². The van der Waals surface area contributed by atoms with Gasteiger partial charge in [0, 0.05) is 18.5 Å². The van der Waals surface area contributed by atoms with Gasteiger partial charge in [-0.15, -0.1) is 0 Å². The van der Waals surface area contributed by atoms with Crippen molar-refractivity contribution in [2.45, 2.75) is 25.5 Å². The zero-order valence-electron chi connectivity index (χ0n) is 7.86. The van der Waals surface area contributed by atoms with Gasteiger partial charge in [0.25, 0.3) is 0 Å². The Morgan fingerprint density at radius 2 is 2.54 bits per heavy atom. The topological polar surface area (TPSA) is 51.0 Å². The van der Waals surface area contributed by atoms with Crippen molar-refractivity contribution in [3.63, 3.8) is 0 Å². The standard InChI is InChI=1S/C10H16N2O/c1-7-4-6-13-10(7)9(11)8-3-2-5-12-8/h2-3,5,7,9-10,12H,4,6,11H2,1H3. The summed E-state index contributed by atoms with van der Waals surface area (Å²) in [7, 11) is 0. The molecule has 1 aliphatic heterocycles. The molecule has 13 heavy (non-hydrogen) atoms. The van der Waals surface area contributed by atoms with Crippen LogP contribution in [0, 0.1) is 5.92 Å². The number of nitrogens with one attached hydrogen (secondary N) is 1. The van der Waals surface area contributed by atoms with Crippen LogP contribution >= 0.6 is 0 Å². The highest BCUT2D eigenvalue weighted by Crippen LogP contribution is 2.28. The van der Waals surface area contributed by atoms with Gasteiger partial charge in [-0.3, -0.25) is 0 Å². The molecular weight excluding hydrogens is 164 g/mol. The third kappa shape index (κ3) is 1.62. The molecule has 1 fully saturated rings. The van der Waals surface area contributed by atoms with Gasteiger partial charge in [-0.2, -0.15) is 0 Å². The van der Waals surface area contributed by atoms with Crippen LogP contribution in [0.25, 0.3) is 0 Å². The number of aromatic nitrogens is 1. The SMILES string of the molecule is CC1CCOC1C(N)c1ccc[nH]1. The van der Waals surface area contributed by atoms with Gasteiger partial charge in [0.1, 0.15) is 0 Å². The Labute approximate surface area is 78.3 Å². The molecule has 0 radical (unpaired) electrons. The molecule has 1 saturated heterocycles. The molecule has 3 N–H and O–H groups in total. The lowest BCUT2D eigenvalue weighted by molar-refractivity contribution is 0.0715. The van der Waals surface area contributed by atoms with Crippen molar-refractivity contribution in [3.8, 4) is 0 Å². The van der Waals surface area contributed by atoms with E-state index in [1.54, 1.807) is 0 Å². The summed E-state index contributed by atoms with van der Waals surface area (Å²) in [5, 5.41) is 0. The number of rotatable bonds is 2. The zero-order valence-corrected chi connectivity index (χ0v) is 7.86. The fourth-order valence-corrected chi connectivity index (χ4v) is 1.90. The van der Waals surface area contributed by atoms with Gasteiger partial charge in [0.05, 0.1) is 12.1 Å². The Kier molecular flexibility index (Phi) is 2.38. The van der Waals surface area contributed by atoms with Crippen LogP contribution in [0.3, 0.4) is 0 Å². The molecule has 2 heterocycles. The van der Waals surface area contributed by atoms with Gasteiger partial charge < -0.3 is 15.5 Å². The van der Waals surface area contributed by atoms with Crippen molar-refractivity contribution in [3.05, 3.63) is 24.0 Å². The lowest BCUT2D eigenvalue weighted by Gasteiger charge is -2.21. The Morgan fingerprint density at radius 1 is 1.69 bits per heavy atom. The highest BCUT2D eigenvalue weighted by molar-refractivity contribution is 5.11. The number of nitrogens with two attached hydrogens (primary N) is 1. The van der Waals surface area contributed by atoms with Gasteiger partial charge in [0.2, 0.25) is 0 Å². The summed E-state index contributed by atoms with van der Waals surface area (Å²) in [6.45, 7) is 3.04. The molecule has 0 aliphatic carbocycles. The first-order chi connectivity index (χ1) is 6.29. The van der Waals surface area contributed by atoms with E-state index in [0.29, 0.717) is 5.92 Å². The molecule has 0 amide bonds. The van der Waals surface area contributed by atoms with Crippen molar-refractivity contribution in [1.29, 1.82) is 0 Å². The van der Waals surface area contributed by atoms with Gasteiger partial charge >= 0.3 is 0 Å². The third-order valence-electron chi connectivity index (χ3n) is 2.78. The van der Waals surface area contributed by atoms with E-state index in [-0.39, 0.29) is 12.1 Å². The summed E-state index contributed by atoms with van der Waals surface area (Å²) in [6, 6.07) is 3.97. The minimum atomic E-state index is -0.00694. The van der Waals surface area contributed by atoms with Gasteiger partial charge in [-0.25, -0.2) is 0 Å². The summed E-state index contributed by atoms with van der Waals surface area (Å²) in [5.74, 6) is 0.568. The molecule has 2 rings (SSSR count). The number of hydrogen-bond acceptors (Lipinski definition) is 2. The minimum Gasteiger partial charge on any atom is -0.376 e. The van der Waals surface area contributed by atoms with Crippen LogP contribution in [0.1, 0.15) is 25.1 Å². The maximum atomic E-state index is 6.08. The van der Waals surface area contributed by atoms with Crippen LogP contribution in [-0.2, 0) is 4.74 Å². The molecule has 0 saturated carbocycles. The Balaban J connectivity index is 2.08. The highest BCUT2D eigenvalue weighted by Gasteiger charge is 2.30. The van der Waals surface area contributed by atoms with Crippen LogP contribution in [0.2, 0.25) is 0 Å². The molecule has 1 aliphatic rings. The fourth-order valence-electron chi connectivity index (χ4n) is 1.90. The Morgan fingerprint density at radius 3 is 3.08 bits per heavy atom. The van der Waals surface area contributed by atoms with E-state index >= 15 is 0 Å². The molecule has 0 aromatic carbocycles. The summed E-state index contributed by atoms with van der Waals surface area (Å²) < 4.78 is 5.61. The fraction of sp³-hybridized carbons (Fsp3) is 0.600. The van der Waals surface area contributed by atoms with Gasteiger partial charge in [-0.05, 0) is 24.5 Å². The van der Waals surface area contributed by atoms with E-state index in [4.69, 9.17) is 10.5 Å².